The number of fused-ring (bicyclic) bond motifs is 1. The van der Waals surface area contributed by atoms with Crippen LogP contribution in [0.15, 0.2) is 9.59 Å². The highest BCUT2D eigenvalue weighted by molar-refractivity contribution is 5.74. The summed E-state index contributed by atoms with van der Waals surface area (Å²) in [7, 11) is 1.58. The fourth-order valence-corrected chi connectivity index (χ4v) is 3.30. The fraction of sp³-hybridized carbons (Fsp3) is 0.706. The maximum atomic E-state index is 12.5. The van der Waals surface area contributed by atoms with Gasteiger partial charge in [-0.15, -0.1) is 0 Å². The van der Waals surface area contributed by atoms with Crippen LogP contribution in [0.3, 0.4) is 0 Å². The van der Waals surface area contributed by atoms with Crippen molar-refractivity contribution in [1.29, 1.82) is 0 Å². The number of rotatable bonds is 6. The van der Waals surface area contributed by atoms with E-state index in [1.807, 2.05) is 13.8 Å². The third-order valence-electron chi connectivity index (χ3n) is 4.64. The lowest BCUT2D eigenvalue weighted by molar-refractivity contribution is -0.000185. The molecule has 0 aromatic carbocycles. The van der Waals surface area contributed by atoms with Crippen molar-refractivity contribution >= 4 is 17.1 Å². The van der Waals surface area contributed by atoms with Gasteiger partial charge >= 0.3 is 5.69 Å². The Morgan fingerprint density at radius 2 is 1.92 bits per heavy atom. The predicted molar refractivity (Wildman–Crippen MR) is 98.8 cm³/mol. The van der Waals surface area contributed by atoms with Crippen molar-refractivity contribution in [3.05, 3.63) is 20.8 Å². The van der Waals surface area contributed by atoms with Gasteiger partial charge in [-0.1, -0.05) is 0 Å². The van der Waals surface area contributed by atoms with E-state index in [0.717, 1.165) is 25.9 Å². The Balaban J connectivity index is 2.06. The zero-order valence-corrected chi connectivity index (χ0v) is 15.6. The van der Waals surface area contributed by atoms with Crippen LogP contribution in [0.1, 0.15) is 33.1 Å². The first-order valence-corrected chi connectivity index (χ1v) is 9.12. The van der Waals surface area contributed by atoms with Crippen molar-refractivity contribution in [3.8, 4) is 0 Å². The Morgan fingerprint density at radius 1 is 1.23 bits per heavy atom. The predicted octanol–water partition coefficient (Wildman–Crippen LogP) is 0.200. The summed E-state index contributed by atoms with van der Waals surface area (Å²) >= 11 is 0. The number of H-pyrrole nitrogens is 1. The molecule has 0 bridgehead atoms. The summed E-state index contributed by atoms with van der Waals surface area (Å²) in [6.45, 7) is 5.83. The average Bonchev–Trinajstić information content (AvgIpc) is 2.98. The fourth-order valence-electron chi connectivity index (χ4n) is 3.30. The SMILES string of the molecule is CC(C)OC[C@@H](O)Cn1c(N2CCCCC2)nc2c1c(=O)[nH]c(=O)n2C. The molecule has 0 radical (unpaired) electrons. The van der Waals surface area contributed by atoms with Crippen molar-refractivity contribution in [2.45, 2.75) is 51.9 Å². The van der Waals surface area contributed by atoms with Gasteiger partial charge in [0.25, 0.3) is 5.56 Å². The quantitative estimate of drug-likeness (QED) is 0.758. The molecule has 2 aromatic heterocycles. The summed E-state index contributed by atoms with van der Waals surface area (Å²) in [5.41, 5.74) is -0.357. The lowest BCUT2D eigenvalue weighted by atomic mass is 10.1. The van der Waals surface area contributed by atoms with Gasteiger partial charge in [-0.2, -0.15) is 4.98 Å². The van der Waals surface area contributed by atoms with E-state index >= 15 is 0 Å². The highest BCUT2D eigenvalue weighted by Gasteiger charge is 2.24. The van der Waals surface area contributed by atoms with Crippen LogP contribution in [-0.2, 0) is 18.3 Å². The Hall–Kier alpha value is -2.13. The second kappa shape index (κ2) is 7.63. The lowest BCUT2D eigenvalue weighted by Crippen LogP contribution is -2.34. The monoisotopic (exact) mass is 365 g/mol. The number of imidazole rings is 1. The van der Waals surface area contributed by atoms with E-state index in [4.69, 9.17) is 4.74 Å². The molecule has 0 amide bonds. The molecule has 0 saturated carbocycles. The van der Waals surface area contributed by atoms with Gasteiger partial charge in [-0.25, -0.2) is 4.79 Å². The van der Waals surface area contributed by atoms with E-state index in [9.17, 15) is 14.7 Å². The van der Waals surface area contributed by atoms with E-state index in [1.54, 1.807) is 11.6 Å². The number of aliphatic hydroxyl groups excluding tert-OH is 1. The van der Waals surface area contributed by atoms with Crippen molar-refractivity contribution in [2.75, 3.05) is 24.6 Å². The number of piperidine rings is 1. The standard InChI is InChI=1S/C17H27N5O4/c1-11(2)26-10-12(23)9-22-13-14(20(3)17(25)19-15(13)24)18-16(22)21-7-5-4-6-8-21/h11-12,23H,4-10H2,1-3H3,(H,19,24,25)/t12-/m0/s1. The maximum Gasteiger partial charge on any atom is 0.329 e. The molecule has 1 saturated heterocycles. The second-order valence-corrected chi connectivity index (χ2v) is 7.10. The molecule has 9 heteroatoms. The third kappa shape index (κ3) is 3.68. The van der Waals surface area contributed by atoms with E-state index in [-0.39, 0.29) is 19.3 Å². The molecular weight excluding hydrogens is 338 g/mol. The lowest BCUT2D eigenvalue weighted by Gasteiger charge is -2.28. The first kappa shape index (κ1) is 18.7. The topological polar surface area (TPSA) is 105 Å². The van der Waals surface area contributed by atoms with Crippen LogP contribution in [0, 0.1) is 0 Å². The van der Waals surface area contributed by atoms with Crippen molar-refractivity contribution in [1.82, 2.24) is 19.1 Å². The molecule has 0 aliphatic carbocycles. The molecule has 1 atom stereocenters. The zero-order valence-electron chi connectivity index (χ0n) is 15.6. The molecule has 1 fully saturated rings. The summed E-state index contributed by atoms with van der Waals surface area (Å²) in [6, 6.07) is 0. The number of hydrogen-bond acceptors (Lipinski definition) is 6. The van der Waals surface area contributed by atoms with Gasteiger partial charge in [-0.3, -0.25) is 14.3 Å². The zero-order chi connectivity index (χ0) is 18.8. The van der Waals surface area contributed by atoms with Crippen LogP contribution in [-0.4, -0.2) is 56.1 Å². The van der Waals surface area contributed by atoms with Gasteiger partial charge < -0.3 is 19.3 Å². The van der Waals surface area contributed by atoms with Crippen molar-refractivity contribution in [3.63, 3.8) is 0 Å². The number of aromatic amines is 1. The molecular formula is C17H27N5O4. The summed E-state index contributed by atoms with van der Waals surface area (Å²) in [6.07, 6.45) is 2.50. The molecule has 9 nitrogen and oxygen atoms in total. The van der Waals surface area contributed by atoms with Gasteiger partial charge in [0, 0.05) is 20.1 Å². The number of hydrogen-bond donors (Lipinski definition) is 2. The number of nitrogens with zero attached hydrogens (tertiary/aromatic N) is 4. The van der Waals surface area contributed by atoms with Crippen LogP contribution in [0.25, 0.3) is 11.2 Å². The average molecular weight is 365 g/mol. The second-order valence-electron chi connectivity index (χ2n) is 7.10. The van der Waals surface area contributed by atoms with E-state index in [1.165, 1.54) is 11.0 Å². The van der Waals surface area contributed by atoms with Crippen molar-refractivity contribution < 1.29 is 9.84 Å². The summed E-state index contributed by atoms with van der Waals surface area (Å²) in [5, 5.41) is 10.4. The Labute approximate surface area is 151 Å². The van der Waals surface area contributed by atoms with Gasteiger partial charge in [0.05, 0.1) is 25.4 Å². The Morgan fingerprint density at radius 3 is 2.58 bits per heavy atom. The number of aryl methyl sites for hydroxylation is 1. The van der Waals surface area contributed by atoms with Crippen LogP contribution in [0.4, 0.5) is 5.95 Å². The molecule has 1 aliphatic heterocycles. The first-order chi connectivity index (χ1) is 12.4. The number of aromatic nitrogens is 4. The van der Waals surface area contributed by atoms with Gasteiger partial charge in [0.15, 0.2) is 11.2 Å². The molecule has 144 valence electrons. The van der Waals surface area contributed by atoms with Gasteiger partial charge in [0.2, 0.25) is 5.95 Å². The molecule has 0 unspecified atom stereocenters. The summed E-state index contributed by atoms with van der Waals surface area (Å²) < 4.78 is 8.53. The highest BCUT2D eigenvalue weighted by atomic mass is 16.5. The molecule has 0 spiro atoms. The van der Waals surface area contributed by atoms with Crippen LogP contribution in [0.2, 0.25) is 0 Å². The minimum atomic E-state index is -0.782. The van der Waals surface area contributed by atoms with E-state index in [0.29, 0.717) is 17.1 Å². The largest absolute Gasteiger partial charge is 0.389 e. The number of ether oxygens (including phenoxy) is 1. The van der Waals surface area contributed by atoms with Crippen LogP contribution < -0.4 is 16.1 Å². The summed E-state index contributed by atoms with van der Waals surface area (Å²) in [5.74, 6) is 0.620. The van der Waals surface area contributed by atoms with Crippen LogP contribution >= 0.6 is 0 Å². The minimum Gasteiger partial charge on any atom is -0.389 e. The van der Waals surface area contributed by atoms with Gasteiger partial charge in [-0.05, 0) is 33.1 Å². The normalized spacial score (nSPS) is 16.6. The van der Waals surface area contributed by atoms with E-state index < -0.39 is 17.4 Å². The minimum absolute atomic E-state index is 0.00923. The van der Waals surface area contributed by atoms with E-state index in [2.05, 4.69) is 14.9 Å². The molecule has 3 heterocycles. The molecule has 2 aromatic rings. The molecule has 1 aliphatic rings. The maximum absolute atomic E-state index is 12.5. The Bertz CT molecular complexity index is 876. The van der Waals surface area contributed by atoms with Crippen LogP contribution in [0.5, 0.6) is 0 Å². The summed E-state index contributed by atoms with van der Waals surface area (Å²) in [4.78, 5) is 33.4. The van der Waals surface area contributed by atoms with Gasteiger partial charge in [0.1, 0.15) is 0 Å². The smallest absolute Gasteiger partial charge is 0.329 e. The number of aliphatic hydroxyl groups is 1. The highest BCUT2D eigenvalue weighted by Crippen LogP contribution is 2.23. The molecule has 2 N–H and O–H groups in total. The third-order valence-corrected chi connectivity index (χ3v) is 4.64. The number of anilines is 1. The molecule has 3 rings (SSSR count). The van der Waals surface area contributed by atoms with Crippen molar-refractivity contribution in [2.24, 2.45) is 7.05 Å². The Kier molecular flexibility index (Phi) is 5.47. The first-order valence-electron chi connectivity index (χ1n) is 9.12. The number of nitrogens with one attached hydrogen (secondary N) is 1. The molecule has 26 heavy (non-hydrogen) atoms.